The molecule has 0 spiro atoms. The van der Waals surface area contributed by atoms with Crippen molar-refractivity contribution in [1.82, 2.24) is 5.32 Å². The molecule has 14 heteroatoms. The highest BCUT2D eigenvalue weighted by Crippen LogP contribution is 2.30. The van der Waals surface area contributed by atoms with Crippen molar-refractivity contribution in [1.29, 1.82) is 0 Å². The molecule has 0 radical (unpaired) electrons. The van der Waals surface area contributed by atoms with Crippen molar-refractivity contribution >= 4 is 5.91 Å². The van der Waals surface area contributed by atoms with Crippen LogP contribution >= 0.6 is 0 Å². The highest BCUT2D eigenvalue weighted by molar-refractivity contribution is 5.76. The smallest absolute Gasteiger partial charge is 0.220 e. The zero-order chi connectivity index (χ0) is 64.5. The van der Waals surface area contributed by atoms with E-state index in [1.807, 2.05) is 6.08 Å². The van der Waals surface area contributed by atoms with E-state index in [4.69, 9.17) is 18.9 Å². The van der Waals surface area contributed by atoms with Gasteiger partial charge < -0.3 is 65.1 Å². The molecular formula is C75H139NO13. The summed E-state index contributed by atoms with van der Waals surface area (Å²) in [5.41, 5.74) is 0. The van der Waals surface area contributed by atoms with E-state index < -0.39 is 86.8 Å². The number of hydrogen-bond donors (Lipinski definition) is 9. The van der Waals surface area contributed by atoms with Gasteiger partial charge in [0.2, 0.25) is 5.91 Å². The van der Waals surface area contributed by atoms with E-state index in [2.05, 4.69) is 55.6 Å². The Kier molecular flexibility index (Phi) is 55.7. The first-order chi connectivity index (χ1) is 43.6. The zero-order valence-electron chi connectivity index (χ0n) is 56.9. The third kappa shape index (κ3) is 43.5. The predicted molar refractivity (Wildman–Crippen MR) is 364 cm³/mol. The van der Waals surface area contributed by atoms with E-state index in [-0.39, 0.29) is 18.9 Å². The van der Waals surface area contributed by atoms with Gasteiger partial charge in [0.05, 0.1) is 32.0 Å². The molecule has 0 aromatic carbocycles. The monoisotopic (exact) mass is 1260 g/mol. The van der Waals surface area contributed by atoms with Crippen molar-refractivity contribution in [3.63, 3.8) is 0 Å². The van der Waals surface area contributed by atoms with Crippen LogP contribution in [-0.4, -0.2) is 140 Å². The SMILES string of the molecule is CCCCCCC/C=C\C/C=C\C/C=C\CCCCCCCCCCCCCCCCCCC(=O)NC(COC1OC(CO)C(OC2OC(CO)C(O)C(O)C2O)C(O)C1O)C(O)/C=C/CCCCCCCCCCCCCCCCCCCCCCCC. The molecule has 2 rings (SSSR count). The Morgan fingerprint density at radius 2 is 0.742 bits per heavy atom. The van der Waals surface area contributed by atoms with Gasteiger partial charge in [0, 0.05) is 6.42 Å². The molecule has 0 aliphatic carbocycles. The largest absolute Gasteiger partial charge is 0.394 e. The van der Waals surface area contributed by atoms with Crippen LogP contribution in [0.2, 0.25) is 0 Å². The number of aliphatic hydroxyl groups excluding tert-OH is 8. The number of nitrogens with one attached hydrogen (secondary N) is 1. The topological polar surface area (TPSA) is 228 Å². The standard InChI is InChI=1S/C75H139NO13/c1-3-5-7-9-11-13-15-17-19-21-23-25-27-29-30-31-32-33-34-35-37-39-41-43-45-47-49-51-53-55-57-59-67(80)76-63(62-86-74-72(85)70(83)73(66(61-78)88-74)89-75-71(84)69(82)68(81)65(60-77)87-75)64(79)58-56-54-52-50-48-46-44-42-40-38-36-28-26-24-22-20-18-16-14-12-10-8-6-4-2/h15,17,21,23,27,29,56,58,63-66,68-75,77-79,81-85H,3-14,16,18-20,22,24-26,28,30-55,57,59-62H2,1-2H3,(H,76,80)/b17-15-,23-21-,29-27-,58-56+. The van der Waals surface area contributed by atoms with Crippen LogP contribution in [0.3, 0.4) is 0 Å². The molecule has 2 aliphatic heterocycles. The lowest BCUT2D eigenvalue weighted by Gasteiger charge is -2.46. The number of amides is 1. The van der Waals surface area contributed by atoms with E-state index in [0.29, 0.717) is 6.42 Å². The van der Waals surface area contributed by atoms with Crippen LogP contribution in [0.15, 0.2) is 48.6 Å². The number of allylic oxidation sites excluding steroid dienone is 7. The molecule has 2 fully saturated rings. The molecule has 0 saturated carbocycles. The van der Waals surface area contributed by atoms with Crippen molar-refractivity contribution in [2.75, 3.05) is 19.8 Å². The van der Waals surface area contributed by atoms with Gasteiger partial charge >= 0.3 is 0 Å². The summed E-state index contributed by atoms with van der Waals surface area (Å²) in [6.45, 7) is 2.84. The van der Waals surface area contributed by atoms with Crippen LogP contribution in [0, 0.1) is 0 Å². The Morgan fingerprint density at radius 1 is 0.404 bits per heavy atom. The minimum Gasteiger partial charge on any atom is -0.394 e. The average molecular weight is 1260 g/mol. The highest BCUT2D eigenvalue weighted by Gasteiger charge is 2.51. The van der Waals surface area contributed by atoms with Gasteiger partial charge in [0.15, 0.2) is 12.6 Å². The summed E-state index contributed by atoms with van der Waals surface area (Å²) in [7, 11) is 0. The van der Waals surface area contributed by atoms with Gasteiger partial charge in [0.25, 0.3) is 0 Å². The molecular weight excluding hydrogens is 1120 g/mol. The van der Waals surface area contributed by atoms with Gasteiger partial charge in [-0.3, -0.25) is 4.79 Å². The second-order valence-corrected chi connectivity index (χ2v) is 26.4. The summed E-state index contributed by atoms with van der Waals surface area (Å²) in [6.07, 6.45) is 61.7. The minimum absolute atomic E-state index is 0.235. The zero-order valence-corrected chi connectivity index (χ0v) is 56.9. The fourth-order valence-electron chi connectivity index (χ4n) is 12.3. The molecule has 89 heavy (non-hydrogen) atoms. The van der Waals surface area contributed by atoms with Crippen LogP contribution in [-0.2, 0) is 23.7 Å². The Bertz CT molecular complexity index is 1680. The van der Waals surface area contributed by atoms with Gasteiger partial charge in [-0.2, -0.15) is 0 Å². The fraction of sp³-hybridized carbons (Fsp3) is 0.880. The molecule has 0 aromatic rings. The number of carbonyl (C=O) groups is 1. The minimum atomic E-state index is -1.79. The van der Waals surface area contributed by atoms with Crippen LogP contribution in [0.1, 0.15) is 328 Å². The van der Waals surface area contributed by atoms with Gasteiger partial charge in [-0.25, -0.2) is 0 Å². The van der Waals surface area contributed by atoms with Gasteiger partial charge in [0.1, 0.15) is 48.8 Å². The van der Waals surface area contributed by atoms with E-state index in [1.165, 1.54) is 250 Å². The Hall–Kier alpha value is -2.05. The van der Waals surface area contributed by atoms with Gasteiger partial charge in [-0.05, 0) is 57.8 Å². The summed E-state index contributed by atoms with van der Waals surface area (Å²) in [6, 6.07) is -0.916. The lowest BCUT2D eigenvalue weighted by molar-refractivity contribution is -0.359. The van der Waals surface area contributed by atoms with Gasteiger partial charge in [-0.1, -0.05) is 313 Å². The molecule has 2 aliphatic rings. The number of carbonyl (C=O) groups excluding carboxylic acids is 1. The van der Waals surface area contributed by atoms with E-state index in [0.717, 1.165) is 51.4 Å². The van der Waals surface area contributed by atoms with Gasteiger partial charge in [-0.15, -0.1) is 0 Å². The van der Waals surface area contributed by atoms with Crippen LogP contribution in [0.5, 0.6) is 0 Å². The average Bonchev–Trinajstić information content (AvgIpc) is 2.53. The number of ether oxygens (including phenoxy) is 4. The highest BCUT2D eigenvalue weighted by atomic mass is 16.7. The first-order valence-electron chi connectivity index (χ1n) is 37.4. The second kappa shape index (κ2) is 59.7. The molecule has 14 nitrogen and oxygen atoms in total. The first kappa shape index (κ1) is 83.0. The molecule has 1 amide bonds. The molecule has 2 saturated heterocycles. The Labute approximate surface area is 543 Å². The van der Waals surface area contributed by atoms with Crippen LogP contribution < -0.4 is 5.32 Å². The lowest BCUT2D eigenvalue weighted by Crippen LogP contribution is -2.65. The third-order valence-electron chi connectivity index (χ3n) is 18.3. The quantitative estimate of drug-likeness (QED) is 0.0204. The Balaban J connectivity index is 1.65. The number of aliphatic hydroxyl groups is 8. The number of rotatable bonds is 62. The Morgan fingerprint density at radius 3 is 1.13 bits per heavy atom. The molecule has 522 valence electrons. The molecule has 0 bridgehead atoms. The maximum atomic E-state index is 13.4. The van der Waals surface area contributed by atoms with Crippen molar-refractivity contribution in [2.24, 2.45) is 0 Å². The molecule has 0 aromatic heterocycles. The van der Waals surface area contributed by atoms with E-state index in [1.54, 1.807) is 6.08 Å². The van der Waals surface area contributed by atoms with E-state index in [9.17, 15) is 45.6 Å². The molecule has 2 heterocycles. The predicted octanol–water partition coefficient (Wildman–Crippen LogP) is 15.9. The lowest BCUT2D eigenvalue weighted by atomic mass is 9.97. The summed E-state index contributed by atoms with van der Waals surface area (Å²) in [5, 5.41) is 87.6. The normalized spacial score (nSPS) is 23.3. The van der Waals surface area contributed by atoms with Crippen LogP contribution in [0.4, 0.5) is 0 Å². The molecule has 12 unspecified atom stereocenters. The summed E-state index contributed by atoms with van der Waals surface area (Å²) in [4.78, 5) is 13.4. The maximum Gasteiger partial charge on any atom is 0.220 e. The second-order valence-electron chi connectivity index (χ2n) is 26.4. The maximum absolute atomic E-state index is 13.4. The van der Waals surface area contributed by atoms with Crippen molar-refractivity contribution in [3.8, 4) is 0 Å². The number of hydrogen-bond acceptors (Lipinski definition) is 13. The third-order valence-corrected chi connectivity index (χ3v) is 18.3. The van der Waals surface area contributed by atoms with Crippen molar-refractivity contribution in [2.45, 2.75) is 402 Å². The number of unbranched alkanes of at least 4 members (excludes halogenated alkanes) is 43. The fourth-order valence-corrected chi connectivity index (χ4v) is 12.3. The first-order valence-corrected chi connectivity index (χ1v) is 37.4. The molecule has 9 N–H and O–H groups in total. The van der Waals surface area contributed by atoms with Crippen molar-refractivity contribution < 1.29 is 64.6 Å². The summed E-state index contributed by atoms with van der Waals surface area (Å²) in [5.74, 6) is -0.235. The van der Waals surface area contributed by atoms with E-state index >= 15 is 0 Å². The van der Waals surface area contributed by atoms with Crippen molar-refractivity contribution in [3.05, 3.63) is 48.6 Å². The molecule has 12 atom stereocenters. The summed E-state index contributed by atoms with van der Waals surface area (Å²) < 4.78 is 22.9. The van der Waals surface area contributed by atoms with Crippen LogP contribution in [0.25, 0.3) is 0 Å². The summed E-state index contributed by atoms with van der Waals surface area (Å²) >= 11 is 0.